The number of halogens is 1. The van der Waals surface area contributed by atoms with Gasteiger partial charge in [0.15, 0.2) is 0 Å². The predicted molar refractivity (Wildman–Crippen MR) is 72.4 cm³/mol. The van der Waals surface area contributed by atoms with Crippen molar-refractivity contribution in [2.45, 2.75) is 6.42 Å². The zero-order valence-corrected chi connectivity index (χ0v) is 11.7. The molecule has 7 heteroatoms. The second kappa shape index (κ2) is 5.58. The molecule has 108 valence electrons. The molecule has 1 saturated carbocycles. The van der Waals surface area contributed by atoms with E-state index in [2.05, 4.69) is 5.32 Å². The molecule has 1 aliphatic rings. The molecule has 6 nitrogen and oxygen atoms in total. The van der Waals surface area contributed by atoms with E-state index in [0.717, 1.165) is 0 Å². The lowest BCUT2D eigenvalue weighted by atomic mass is 10.2. The van der Waals surface area contributed by atoms with Crippen molar-refractivity contribution < 1.29 is 24.2 Å². The first-order valence-electron chi connectivity index (χ1n) is 5.93. The van der Waals surface area contributed by atoms with Crippen molar-refractivity contribution in [2.75, 3.05) is 19.5 Å². The zero-order chi connectivity index (χ0) is 14.9. The van der Waals surface area contributed by atoms with E-state index in [4.69, 9.17) is 26.2 Å². The molecule has 1 aromatic carbocycles. The smallest absolute Gasteiger partial charge is 0.307 e. The Balaban J connectivity index is 2.15. The Bertz CT molecular complexity index is 560. The Morgan fingerprint density at radius 1 is 1.25 bits per heavy atom. The molecule has 0 unspecified atom stereocenters. The van der Waals surface area contributed by atoms with Crippen LogP contribution in [0.1, 0.15) is 6.42 Å². The summed E-state index contributed by atoms with van der Waals surface area (Å²) in [6.07, 6.45) is 0.355. The highest BCUT2D eigenvalue weighted by Gasteiger charge is 2.48. The van der Waals surface area contributed by atoms with E-state index in [9.17, 15) is 9.59 Å². The molecule has 0 radical (unpaired) electrons. The third kappa shape index (κ3) is 2.80. The van der Waals surface area contributed by atoms with Crippen LogP contribution in [0, 0.1) is 11.8 Å². The van der Waals surface area contributed by atoms with E-state index >= 15 is 0 Å². The number of carboxylic acid groups (broad SMARTS) is 1. The number of anilines is 1. The fourth-order valence-electron chi connectivity index (χ4n) is 1.94. The molecule has 2 rings (SSSR count). The number of hydrogen-bond donors (Lipinski definition) is 2. The summed E-state index contributed by atoms with van der Waals surface area (Å²) in [6, 6.07) is 3.06. The van der Waals surface area contributed by atoms with Gasteiger partial charge >= 0.3 is 5.97 Å². The fraction of sp³-hybridized carbons (Fsp3) is 0.385. The quantitative estimate of drug-likeness (QED) is 0.869. The van der Waals surface area contributed by atoms with Gasteiger partial charge in [0.25, 0.3) is 0 Å². The number of benzene rings is 1. The molecule has 1 aromatic rings. The molecule has 0 aliphatic heterocycles. The van der Waals surface area contributed by atoms with Crippen molar-refractivity contribution in [1.82, 2.24) is 0 Å². The lowest BCUT2D eigenvalue weighted by Crippen LogP contribution is -2.17. The maximum absolute atomic E-state index is 11.9. The van der Waals surface area contributed by atoms with E-state index in [1.165, 1.54) is 20.3 Å². The number of nitrogens with one attached hydrogen (secondary N) is 1. The summed E-state index contributed by atoms with van der Waals surface area (Å²) < 4.78 is 10.2. The molecule has 2 N–H and O–H groups in total. The van der Waals surface area contributed by atoms with Crippen LogP contribution >= 0.6 is 11.6 Å². The van der Waals surface area contributed by atoms with Crippen LogP contribution in [0.5, 0.6) is 11.5 Å². The van der Waals surface area contributed by atoms with Crippen molar-refractivity contribution >= 4 is 29.2 Å². The number of ether oxygens (including phenoxy) is 2. The van der Waals surface area contributed by atoms with Gasteiger partial charge in [-0.1, -0.05) is 11.6 Å². The predicted octanol–water partition coefficient (Wildman–Crippen LogP) is 2.02. The monoisotopic (exact) mass is 299 g/mol. The fourth-order valence-corrected chi connectivity index (χ4v) is 2.18. The molecule has 0 heterocycles. The van der Waals surface area contributed by atoms with Crippen molar-refractivity contribution in [1.29, 1.82) is 0 Å². The van der Waals surface area contributed by atoms with Crippen LogP contribution in [-0.2, 0) is 9.59 Å². The summed E-state index contributed by atoms with van der Waals surface area (Å²) in [5.41, 5.74) is 0.388. The van der Waals surface area contributed by atoms with E-state index in [1.807, 2.05) is 0 Å². The van der Waals surface area contributed by atoms with Gasteiger partial charge in [0.1, 0.15) is 11.5 Å². The summed E-state index contributed by atoms with van der Waals surface area (Å²) in [6.45, 7) is 0. The largest absolute Gasteiger partial charge is 0.495 e. The van der Waals surface area contributed by atoms with Gasteiger partial charge in [-0.05, 0) is 12.5 Å². The molecule has 0 bridgehead atoms. The van der Waals surface area contributed by atoms with Crippen LogP contribution in [0.3, 0.4) is 0 Å². The molecule has 1 fully saturated rings. The topological polar surface area (TPSA) is 84.9 Å². The number of aliphatic carboxylic acids is 1. The molecule has 0 aromatic heterocycles. The summed E-state index contributed by atoms with van der Waals surface area (Å²) >= 11 is 5.99. The Morgan fingerprint density at radius 2 is 1.90 bits per heavy atom. The number of carbonyl (C=O) groups is 2. The number of methoxy groups -OCH3 is 2. The lowest BCUT2D eigenvalue weighted by Gasteiger charge is -2.13. The molecular formula is C13H14ClNO5. The van der Waals surface area contributed by atoms with Gasteiger partial charge in [0.2, 0.25) is 5.91 Å². The maximum Gasteiger partial charge on any atom is 0.307 e. The molecule has 20 heavy (non-hydrogen) atoms. The van der Waals surface area contributed by atoms with E-state index < -0.39 is 17.8 Å². The molecule has 1 amide bonds. The number of amides is 1. The zero-order valence-electron chi connectivity index (χ0n) is 11.0. The molecule has 2 atom stereocenters. The summed E-state index contributed by atoms with van der Waals surface area (Å²) in [7, 11) is 2.93. The highest BCUT2D eigenvalue weighted by Crippen LogP contribution is 2.41. The van der Waals surface area contributed by atoms with Crippen LogP contribution in [0.15, 0.2) is 12.1 Å². The summed E-state index contributed by atoms with van der Waals surface area (Å²) in [5.74, 6) is -1.59. The number of rotatable bonds is 5. The van der Waals surface area contributed by atoms with Crippen LogP contribution in [0.4, 0.5) is 5.69 Å². The van der Waals surface area contributed by atoms with E-state index in [-0.39, 0.29) is 5.91 Å². The molecule has 1 aliphatic carbocycles. The van der Waals surface area contributed by atoms with Crippen LogP contribution in [0.25, 0.3) is 0 Å². The molecule has 0 spiro atoms. The van der Waals surface area contributed by atoms with Gasteiger partial charge < -0.3 is 19.9 Å². The van der Waals surface area contributed by atoms with Crippen molar-refractivity contribution in [3.05, 3.63) is 17.2 Å². The highest BCUT2D eigenvalue weighted by atomic mass is 35.5. The molecular weight excluding hydrogens is 286 g/mol. The third-order valence-corrected chi connectivity index (χ3v) is 3.47. The average molecular weight is 300 g/mol. The first-order chi connectivity index (χ1) is 9.47. The van der Waals surface area contributed by atoms with E-state index in [1.54, 1.807) is 6.07 Å². The van der Waals surface area contributed by atoms with Crippen molar-refractivity contribution in [2.24, 2.45) is 11.8 Å². The number of carboxylic acids is 1. The number of hydrogen-bond acceptors (Lipinski definition) is 4. The lowest BCUT2D eigenvalue weighted by molar-refractivity contribution is -0.139. The standard InChI is InChI=1S/C13H14ClNO5/c1-19-10-5-11(20-2)9(4-8(10)14)15-12(16)6-3-7(6)13(17)18/h4-7H,3H2,1-2H3,(H,15,16)(H,17,18)/t6-,7+/m1/s1. The van der Waals surface area contributed by atoms with Gasteiger partial charge in [-0.25, -0.2) is 0 Å². The minimum absolute atomic E-state index is 0.328. The highest BCUT2D eigenvalue weighted by molar-refractivity contribution is 6.32. The first-order valence-corrected chi connectivity index (χ1v) is 6.31. The Kier molecular flexibility index (Phi) is 4.04. The van der Waals surface area contributed by atoms with Crippen LogP contribution < -0.4 is 14.8 Å². The number of carbonyl (C=O) groups excluding carboxylic acids is 1. The summed E-state index contributed by atoms with van der Waals surface area (Å²) in [5, 5.41) is 11.8. The van der Waals surface area contributed by atoms with E-state index in [0.29, 0.717) is 28.6 Å². The van der Waals surface area contributed by atoms with Gasteiger partial charge in [0.05, 0.1) is 36.8 Å². The van der Waals surface area contributed by atoms with Gasteiger partial charge in [-0.3, -0.25) is 9.59 Å². The van der Waals surface area contributed by atoms with Gasteiger partial charge in [0, 0.05) is 6.07 Å². The first kappa shape index (κ1) is 14.5. The SMILES string of the molecule is COc1cc(OC)c(NC(=O)[C@@H]2C[C@@H]2C(=O)O)cc1Cl. The summed E-state index contributed by atoms with van der Waals surface area (Å²) in [4.78, 5) is 22.7. The van der Waals surface area contributed by atoms with Gasteiger partial charge in [-0.2, -0.15) is 0 Å². The van der Waals surface area contributed by atoms with Crippen LogP contribution in [0.2, 0.25) is 5.02 Å². The van der Waals surface area contributed by atoms with Crippen molar-refractivity contribution in [3.63, 3.8) is 0 Å². The van der Waals surface area contributed by atoms with Crippen molar-refractivity contribution in [3.8, 4) is 11.5 Å². The Labute approximate surface area is 120 Å². The Hall–Kier alpha value is -1.95. The molecule has 0 saturated heterocycles. The minimum Gasteiger partial charge on any atom is -0.495 e. The Morgan fingerprint density at radius 3 is 2.40 bits per heavy atom. The minimum atomic E-state index is -0.954. The second-order valence-corrected chi connectivity index (χ2v) is 4.87. The third-order valence-electron chi connectivity index (χ3n) is 3.18. The maximum atomic E-state index is 11.9. The van der Waals surface area contributed by atoms with Crippen LogP contribution in [-0.4, -0.2) is 31.2 Å². The average Bonchev–Trinajstić information content (AvgIpc) is 3.19. The van der Waals surface area contributed by atoms with Gasteiger partial charge in [-0.15, -0.1) is 0 Å². The second-order valence-electron chi connectivity index (χ2n) is 4.46. The normalized spacial score (nSPS) is 20.1.